The average molecular weight is 730 g/mol. The Balaban J connectivity index is 1.14. The van der Waals surface area contributed by atoms with Crippen LogP contribution in [0.3, 0.4) is 0 Å². The van der Waals surface area contributed by atoms with Crippen LogP contribution < -0.4 is 15.3 Å². The Morgan fingerprint density at radius 1 is 0.519 bits per heavy atom. The van der Waals surface area contributed by atoms with Crippen molar-refractivity contribution in [3.05, 3.63) is 164 Å². The van der Waals surface area contributed by atoms with E-state index in [4.69, 9.17) is 4.42 Å². The molecule has 2 aliphatic heterocycles. The number of para-hydroxylation sites is 1. The fraction of sp³-hybridized carbons (Fsp3) is 0.0800. The lowest BCUT2D eigenvalue weighted by Crippen LogP contribution is -2.49. The number of rotatable bonds is 4. The van der Waals surface area contributed by atoms with Crippen molar-refractivity contribution < 1.29 is 4.42 Å². The molecule has 0 atom stereocenters. The molecule has 0 aliphatic carbocycles. The van der Waals surface area contributed by atoms with Gasteiger partial charge in [0.05, 0.1) is 5.69 Å². The van der Waals surface area contributed by atoms with Gasteiger partial charge in [0.2, 0.25) is 0 Å². The molecule has 8 aromatic carbocycles. The molecule has 4 heteroatoms. The van der Waals surface area contributed by atoms with Crippen LogP contribution in [0.1, 0.15) is 0 Å². The first-order chi connectivity index (χ1) is 26.3. The summed E-state index contributed by atoms with van der Waals surface area (Å²) in [7, 11) is -3.40. The zero-order valence-electron chi connectivity index (χ0n) is 30.9. The summed E-state index contributed by atoms with van der Waals surface area (Å²) >= 11 is 0. The Bertz CT molecular complexity index is 3030. The highest BCUT2D eigenvalue weighted by Gasteiger charge is 2.41. The maximum Gasteiger partial charge on any atom is 0.143 e. The monoisotopic (exact) mass is 729 g/mol. The Kier molecular flexibility index (Phi) is 6.66. The van der Waals surface area contributed by atoms with Gasteiger partial charge in [0.1, 0.15) is 19.2 Å². The molecule has 0 fully saturated rings. The molecule has 0 N–H and O–H groups in total. The van der Waals surface area contributed by atoms with Crippen LogP contribution in [0.4, 0.5) is 17.1 Å². The fourth-order valence-corrected chi connectivity index (χ4v) is 15.3. The number of nitrogens with zero attached hydrogens (tertiary/aromatic N) is 1. The molecule has 0 saturated heterocycles. The van der Waals surface area contributed by atoms with Gasteiger partial charge in [-0.2, -0.15) is 10.0 Å². The smallest absolute Gasteiger partial charge is 0.143 e. The number of hydrogen-bond acceptors (Lipinski definition) is 2. The van der Waals surface area contributed by atoms with Crippen molar-refractivity contribution in [2.75, 3.05) is 17.4 Å². The van der Waals surface area contributed by atoms with E-state index in [2.05, 4.69) is 194 Å². The van der Waals surface area contributed by atoms with E-state index in [9.17, 15) is 0 Å². The first-order valence-electron chi connectivity index (χ1n) is 18.7. The van der Waals surface area contributed by atoms with Crippen LogP contribution in [0.25, 0.3) is 66.1 Å². The first kappa shape index (κ1) is 31.7. The molecule has 0 bridgehead atoms. The van der Waals surface area contributed by atoms with Crippen molar-refractivity contribution in [1.29, 1.82) is 0 Å². The quantitative estimate of drug-likeness (QED) is 0.168. The third kappa shape index (κ3) is 4.41. The van der Waals surface area contributed by atoms with Gasteiger partial charge in [0.15, 0.2) is 0 Å². The molecule has 2 nitrogen and oxygen atoms in total. The third-order valence-corrected chi connectivity index (χ3v) is 18.5. The van der Waals surface area contributed by atoms with Crippen LogP contribution in [0.15, 0.2) is 178 Å². The van der Waals surface area contributed by atoms with Crippen LogP contribution in [0.2, 0.25) is 13.1 Å². The van der Waals surface area contributed by atoms with Gasteiger partial charge < -0.3 is 9.32 Å². The van der Waals surface area contributed by atoms with Crippen LogP contribution in [0, 0.1) is 0 Å². The van der Waals surface area contributed by atoms with Crippen molar-refractivity contribution in [2.24, 2.45) is 0 Å². The molecule has 2 aliphatic rings. The van der Waals surface area contributed by atoms with Gasteiger partial charge in [-0.25, -0.2) is 0 Å². The molecule has 0 radical (unpaired) electrons. The molecule has 3 heterocycles. The zero-order chi connectivity index (χ0) is 36.3. The summed E-state index contributed by atoms with van der Waals surface area (Å²) in [6.45, 7) is 5.01. The Morgan fingerprint density at radius 2 is 1.26 bits per heavy atom. The van der Waals surface area contributed by atoms with Crippen LogP contribution >= 0.6 is 10.0 Å². The molecule has 0 unspecified atom stereocenters. The fourth-order valence-electron chi connectivity index (χ4n) is 9.44. The molecule has 0 saturated carbocycles. The van der Waals surface area contributed by atoms with Gasteiger partial charge in [0, 0.05) is 37.5 Å². The molecule has 54 heavy (non-hydrogen) atoms. The highest BCUT2D eigenvalue weighted by Crippen LogP contribution is 2.70. The molecule has 260 valence electrons. The van der Waals surface area contributed by atoms with E-state index >= 15 is 0 Å². The molecule has 0 spiro atoms. The molecular formula is C50H39NOSSi. The lowest BCUT2D eigenvalue weighted by molar-refractivity contribution is 0.670. The summed E-state index contributed by atoms with van der Waals surface area (Å²) < 4.78 is 6.66. The molecule has 11 rings (SSSR count). The summed E-state index contributed by atoms with van der Waals surface area (Å²) in [4.78, 5) is 5.46. The molecule has 0 amide bonds. The van der Waals surface area contributed by atoms with E-state index in [-0.39, 0.29) is 0 Å². The minimum Gasteiger partial charge on any atom is -0.455 e. The van der Waals surface area contributed by atoms with Gasteiger partial charge in [0.25, 0.3) is 0 Å². The SMILES string of the molecule is C[Si]1(C)c2cc(N(c3cccc(-c4ccc5ccccc5c4)c3)c3cccc4c3S(C)(C)c3ccccc3-4)ccc2-c2c1ccc1c2oc2ccccc21. The van der Waals surface area contributed by atoms with E-state index in [1.54, 1.807) is 0 Å². The lowest BCUT2D eigenvalue weighted by atomic mass is 9.99. The summed E-state index contributed by atoms with van der Waals surface area (Å²) in [6.07, 6.45) is 4.94. The van der Waals surface area contributed by atoms with Gasteiger partial charge in [-0.3, -0.25) is 0 Å². The second-order valence-corrected chi connectivity index (χ2v) is 23.6. The number of hydrogen-bond donors (Lipinski definition) is 0. The van der Waals surface area contributed by atoms with Gasteiger partial charge in [-0.05, 0) is 110 Å². The van der Waals surface area contributed by atoms with Crippen molar-refractivity contribution in [2.45, 2.75) is 22.9 Å². The summed E-state index contributed by atoms with van der Waals surface area (Å²) in [6, 6.07) is 61.0. The highest BCUT2D eigenvalue weighted by molar-refractivity contribution is 8.33. The first-order valence-corrected chi connectivity index (χ1v) is 24.2. The van der Waals surface area contributed by atoms with Gasteiger partial charge in [-0.1, -0.05) is 128 Å². The predicted octanol–water partition coefficient (Wildman–Crippen LogP) is 13.1. The minimum absolute atomic E-state index is 0.951. The average Bonchev–Trinajstić information content (AvgIpc) is 3.78. The van der Waals surface area contributed by atoms with E-state index in [0.717, 1.165) is 16.9 Å². The van der Waals surface area contributed by atoms with E-state index in [1.165, 1.54) is 86.5 Å². The number of anilines is 3. The summed E-state index contributed by atoms with van der Waals surface area (Å²) in [5.74, 6) is 0. The van der Waals surface area contributed by atoms with E-state index < -0.39 is 18.1 Å². The lowest BCUT2D eigenvalue weighted by Gasteiger charge is -2.35. The normalized spacial score (nSPS) is 15.2. The van der Waals surface area contributed by atoms with Crippen molar-refractivity contribution >= 4 is 78.2 Å². The van der Waals surface area contributed by atoms with Crippen molar-refractivity contribution in [3.8, 4) is 33.4 Å². The largest absolute Gasteiger partial charge is 0.455 e. The van der Waals surface area contributed by atoms with Crippen LogP contribution in [-0.2, 0) is 0 Å². The van der Waals surface area contributed by atoms with Gasteiger partial charge >= 0.3 is 0 Å². The Morgan fingerprint density at radius 3 is 2.17 bits per heavy atom. The van der Waals surface area contributed by atoms with E-state index in [0.29, 0.717) is 0 Å². The topological polar surface area (TPSA) is 16.4 Å². The maximum atomic E-state index is 6.66. The highest BCUT2D eigenvalue weighted by atomic mass is 32.3. The van der Waals surface area contributed by atoms with Crippen LogP contribution in [0.5, 0.6) is 0 Å². The standard InChI is InChI=1S/C50H39NOSSi/c1-53(2)45-22-10-8-18-39(45)41-19-12-20-43(50(41)53)51(36-16-11-15-34(30-36)35-24-23-32-13-5-6-14-33(32)29-35)37-25-26-42-47(31-37)54(3,4)46-28-27-40-38-17-7-9-21-44(38)52-49(40)48(42)46/h5-31H,1-4H3. The van der Waals surface area contributed by atoms with Gasteiger partial charge in [-0.15, -0.1) is 0 Å². The van der Waals surface area contributed by atoms with Crippen LogP contribution in [-0.4, -0.2) is 20.6 Å². The second-order valence-electron chi connectivity index (χ2n) is 15.7. The maximum absolute atomic E-state index is 6.66. The number of fused-ring (bicyclic) bond motifs is 11. The van der Waals surface area contributed by atoms with E-state index in [1.807, 2.05) is 0 Å². The third-order valence-electron chi connectivity index (χ3n) is 12.1. The second kappa shape index (κ2) is 11.3. The number of benzene rings is 8. The minimum atomic E-state index is -2.10. The number of furan rings is 1. The summed E-state index contributed by atoms with van der Waals surface area (Å²) in [5, 5.41) is 7.80. The predicted molar refractivity (Wildman–Crippen MR) is 235 cm³/mol. The Labute approximate surface area is 318 Å². The zero-order valence-corrected chi connectivity index (χ0v) is 32.7. The molecular weight excluding hydrogens is 691 g/mol. The Hall–Kier alpha value is -5.81. The summed E-state index contributed by atoms with van der Waals surface area (Å²) in [5.41, 5.74) is 13.3. The van der Waals surface area contributed by atoms with Crippen molar-refractivity contribution in [1.82, 2.24) is 0 Å². The van der Waals surface area contributed by atoms with Crippen molar-refractivity contribution in [3.63, 3.8) is 0 Å². The molecule has 1 aromatic heterocycles. The molecule has 9 aromatic rings.